The molecule has 100 valence electrons. The Balaban J connectivity index is 2.07. The Morgan fingerprint density at radius 3 is 2.70 bits per heavy atom. The normalized spacial score (nSPS) is 10.8. The molecule has 3 rings (SSSR count). The molecule has 0 bridgehead atoms. The third kappa shape index (κ3) is 2.53. The summed E-state index contributed by atoms with van der Waals surface area (Å²) >= 11 is 4.97. The lowest BCUT2D eigenvalue weighted by atomic mass is 10.1. The lowest BCUT2D eigenvalue weighted by molar-refractivity contribution is 0.631. The molecule has 0 saturated carbocycles. The molecule has 0 N–H and O–H groups in total. The fraction of sp³-hybridized carbons (Fsp3) is 0.0625. The minimum Gasteiger partial charge on any atom is -0.236 e. The number of benzene rings is 2. The number of aryl methyl sites for hydroxylation is 1. The van der Waals surface area contributed by atoms with Gasteiger partial charge in [-0.2, -0.15) is 0 Å². The van der Waals surface area contributed by atoms with Crippen LogP contribution in [0.5, 0.6) is 0 Å². The molecule has 0 unspecified atom stereocenters. The third-order valence-corrected chi connectivity index (χ3v) is 4.57. The van der Waals surface area contributed by atoms with E-state index in [9.17, 15) is 4.39 Å². The van der Waals surface area contributed by atoms with Crippen molar-refractivity contribution in [3.63, 3.8) is 0 Å². The zero-order valence-electron chi connectivity index (χ0n) is 10.7. The topological polar surface area (TPSA) is 12.9 Å². The Kier molecular flexibility index (Phi) is 3.68. The maximum atomic E-state index is 13.9. The summed E-state index contributed by atoms with van der Waals surface area (Å²) in [5, 5.41) is 2.66. The summed E-state index contributed by atoms with van der Waals surface area (Å²) in [4.78, 5) is 4.56. The highest BCUT2D eigenvalue weighted by Gasteiger charge is 2.12. The monoisotopic (exact) mass is 347 g/mol. The third-order valence-electron chi connectivity index (χ3n) is 3.01. The Morgan fingerprint density at radius 1 is 1.10 bits per heavy atom. The van der Waals surface area contributed by atoms with E-state index in [4.69, 9.17) is 0 Å². The van der Waals surface area contributed by atoms with Crippen molar-refractivity contribution in [3.05, 3.63) is 63.7 Å². The summed E-state index contributed by atoms with van der Waals surface area (Å²) in [6.07, 6.45) is 0. The second-order valence-electron chi connectivity index (χ2n) is 4.50. The molecular formula is C16H11BrFNS. The number of thiazole rings is 1. The first-order valence-corrected chi connectivity index (χ1v) is 7.79. The van der Waals surface area contributed by atoms with Crippen LogP contribution in [0.15, 0.2) is 52.3 Å². The van der Waals surface area contributed by atoms with Gasteiger partial charge in [-0.25, -0.2) is 9.37 Å². The van der Waals surface area contributed by atoms with Crippen molar-refractivity contribution in [2.75, 3.05) is 0 Å². The molecule has 0 spiro atoms. The van der Waals surface area contributed by atoms with Crippen LogP contribution in [0, 0.1) is 12.7 Å². The minimum atomic E-state index is -0.233. The number of halogens is 2. The molecular weight excluding hydrogens is 337 g/mol. The van der Waals surface area contributed by atoms with Gasteiger partial charge in [0.05, 0.1) is 5.69 Å². The zero-order valence-corrected chi connectivity index (χ0v) is 13.1. The molecule has 0 aliphatic heterocycles. The van der Waals surface area contributed by atoms with Crippen LogP contribution in [0.4, 0.5) is 4.39 Å². The van der Waals surface area contributed by atoms with Crippen LogP contribution in [0.3, 0.4) is 0 Å². The summed E-state index contributed by atoms with van der Waals surface area (Å²) in [7, 11) is 0. The van der Waals surface area contributed by atoms with Crippen LogP contribution >= 0.6 is 27.3 Å². The van der Waals surface area contributed by atoms with Gasteiger partial charge in [0, 0.05) is 21.0 Å². The van der Waals surface area contributed by atoms with Crippen molar-refractivity contribution in [2.24, 2.45) is 0 Å². The molecule has 1 nitrogen and oxygen atoms in total. The highest BCUT2D eigenvalue weighted by molar-refractivity contribution is 9.10. The van der Waals surface area contributed by atoms with Gasteiger partial charge >= 0.3 is 0 Å². The summed E-state index contributed by atoms with van der Waals surface area (Å²) in [6, 6.07) is 13.0. The van der Waals surface area contributed by atoms with E-state index >= 15 is 0 Å². The molecule has 4 heteroatoms. The summed E-state index contributed by atoms with van der Waals surface area (Å²) in [5.74, 6) is -0.233. The van der Waals surface area contributed by atoms with Gasteiger partial charge in [0.1, 0.15) is 10.8 Å². The first-order chi connectivity index (χ1) is 9.65. The predicted molar refractivity (Wildman–Crippen MR) is 85.4 cm³/mol. The molecule has 20 heavy (non-hydrogen) atoms. The molecule has 3 aromatic rings. The van der Waals surface area contributed by atoms with Crippen LogP contribution < -0.4 is 0 Å². The van der Waals surface area contributed by atoms with Crippen molar-refractivity contribution in [1.82, 2.24) is 4.98 Å². The lowest BCUT2D eigenvalue weighted by Crippen LogP contribution is -1.86. The highest BCUT2D eigenvalue weighted by atomic mass is 79.9. The highest BCUT2D eigenvalue weighted by Crippen LogP contribution is 2.33. The predicted octanol–water partition coefficient (Wildman–Crippen LogP) is 5.69. The first-order valence-electron chi connectivity index (χ1n) is 6.12. The van der Waals surface area contributed by atoms with E-state index < -0.39 is 0 Å². The van der Waals surface area contributed by atoms with Gasteiger partial charge in [-0.05, 0) is 25.1 Å². The van der Waals surface area contributed by atoms with Crippen molar-refractivity contribution >= 4 is 27.3 Å². The quantitative estimate of drug-likeness (QED) is 0.580. The largest absolute Gasteiger partial charge is 0.236 e. The van der Waals surface area contributed by atoms with Gasteiger partial charge in [0.2, 0.25) is 0 Å². The molecule has 0 amide bonds. The maximum Gasteiger partial charge on any atom is 0.133 e. The molecule has 0 aliphatic carbocycles. The summed E-state index contributed by atoms with van der Waals surface area (Å²) < 4.78 is 14.9. The van der Waals surface area contributed by atoms with Gasteiger partial charge < -0.3 is 0 Å². The number of hydrogen-bond acceptors (Lipinski definition) is 2. The van der Waals surface area contributed by atoms with Gasteiger partial charge in [0.15, 0.2) is 0 Å². The van der Waals surface area contributed by atoms with Crippen LogP contribution in [0.2, 0.25) is 0 Å². The molecule has 0 atom stereocenters. The van der Waals surface area contributed by atoms with E-state index in [1.807, 2.05) is 42.6 Å². The van der Waals surface area contributed by atoms with Gasteiger partial charge in [-0.15, -0.1) is 11.3 Å². The molecule has 2 aromatic carbocycles. The zero-order chi connectivity index (χ0) is 14.1. The second kappa shape index (κ2) is 5.46. The van der Waals surface area contributed by atoms with Gasteiger partial charge in [-0.1, -0.05) is 45.8 Å². The van der Waals surface area contributed by atoms with Crippen molar-refractivity contribution in [2.45, 2.75) is 6.92 Å². The summed E-state index contributed by atoms with van der Waals surface area (Å²) in [5.41, 5.74) is 3.47. The molecule has 0 aliphatic rings. The van der Waals surface area contributed by atoms with E-state index in [0.29, 0.717) is 10.6 Å². The Labute approximate surface area is 129 Å². The standard InChI is InChI=1S/C16H11BrFNS/c1-10-6-7-14(18)12(8-10)16-19-15(9-20-16)11-4-2-3-5-13(11)17/h2-9H,1H3. The van der Waals surface area contributed by atoms with E-state index in [-0.39, 0.29) is 5.82 Å². The molecule has 0 radical (unpaired) electrons. The van der Waals surface area contributed by atoms with Gasteiger partial charge in [0.25, 0.3) is 0 Å². The van der Waals surface area contributed by atoms with E-state index in [1.54, 1.807) is 6.07 Å². The second-order valence-corrected chi connectivity index (χ2v) is 6.21. The molecule has 0 saturated heterocycles. The van der Waals surface area contributed by atoms with E-state index in [1.165, 1.54) is 17.4 Å². The van der Waals surface area contributed by atoms with Crippen LogP contribution in [-0.4, -0.2) is 4.98 Å². The minimum absolute atomic E-state index is 0.233. The average molecular weight is 348 g/mol. The number of rotatable bonds is 2. The smallest absolute Gasteiger partial charge is 0.133 e. The fourth-order valence-corrected chi connectivity index (χ4v) is 3.32. The lowest BCUT2D eigenvalue weighted by Gasteiger charge is -2.01. The van der Waals surface area contributed by atoms with Crippen molar-refractivity contribution in [1.29, 1.82) is 0 Å². The number of aromatic nitrogens is 1. The van der Waals surface area contributed by atoms with E-state index in [2.05, 4.69) is 20.9 Å². The average Bonchev–Trinajstić information content (AvgIpc) is 2.91. The van der Waals surface area contributed by atoms with Gasteiger partial charge in [-0.3, -0.25) is 0 Å². The Bertz CT molecular complexity index is 767. The number of nitrogens with zero attached hydrogens (tertiary/aromatic N) is 1. The molecule has 1 aromatic heterocycles. The summed E-state index contributed by atoms with van der Waals surface area (Å²) in [6.45, 7) is 1.95. The van der Waals surface area contributed by atoms with Crippen molar-refractivity contribution in [3.8, 4) is 21.8 Å². The maximum absolute atomic E-state index is 13.9. The molecule has 1 heterocycles. The fourth-order valence-electron chi connectivity index (χ4n) is 1.99. The van der Waals surface area contributed by atoms with Crippen molar-refractivity contribution < 1.29 is 4.39 Å². The van der Waals surface area contributed by atoms with Crippen LogP contribution in [-0.2, 0) is 0 Å². The SMILES string of the molecule is Cc1ccc(F)c(-c2nc(-c3ccccc3Br)cs2)c1. The Morgan fingerprint density at radius 2 is 1.90 bits per heavy atom. The molecule has 0 fully saturated rings. The first kappa shape index (κ1) is 13.5. The Hall–Kier alpha value is -1.52. The number of hydrogen-bond donors (Lipinski definition) is 0. The van der Waals surface area contributed by atoms with E-state index in [0.717, 1.165) is 21.3 Å². The van der Waals surface area contributed by atoms with Crippen LogP contribution in [0.1, 0.15) is 5.56 Å². The van der Waals surface area contributed by atoms with Crippen LogP contribution in [0.25, 0.3) is 21.8 Å².